The van der Waals surface area contributed by atoms with Crippen LogP contribution < -0.4 is 19.5 Å². The number of methoxy groups -OCH3 is 1. The Labute approximate surface area is 158 Å². The zero-order valence-electron chi connectivity index (χ0n) is 15.4. The quantitative estimate of drug-likeness (QED) is 0.645. The molecule has 0 aromatic heterocycles. The molecule has 0 saturated heterocycles. The van der Waals surface area contributed by atoms with Crippen molar-refractivity contribution in [3.8, 4) is 17.2 Å². The molecule has 1 amide bonds. The topological polar surface area (TPSA) is 83.1 Å². The molecule has 0 heterocycles. The van der Waals surface area contributed by atoms with Crippen LogP contribution in [0.25, 0.3) is 0 Å². The fraction of sp³-hybridized carbons (Fsp3) is 0.300. The fourth-order valence-corrected chi connectivity index (χ4v) is 2.10. The Morgan fingerprint density at radius 3 is 2.22 bits per heavy atom. The van der Waals surface area contributed by atoms with Crippen molar-refractivity contribution in [3.63, 3.8) is 0 Å². The average molecular weight is 373 g/mol. The molecule has 0 saturated carbocycles. The lowest BCUT2D eigenvalue weighted by Gasteiger charge is -2.12. The second-order valence-corrected chi connectivity index (χ2v) is 5.52. The molecular weight excluding hydrogens is 350 g/mol. The summed E-state index contributed by atoms with van der Waals surface area (Å²) in [6.45, 7) is 1.83. The summed E-state index contributed by atoms with van der Waals surface area (Å²) < 4.78 is 20.9. The monoisotopic (exact) mass is 373 g/mol. The molecule has 0 radical (unpaired) electrons. The van der Waals surface area contributed by atoms with E-state index in [-0.39, 0.29) is 6.61 Å². The van der Waals surface area contributed by atoms with E-state index in [0.717, 1.165) is 6.42 Å². The molecule has 2 aromatic rings. The van der Waals surface area contributed by atoms with Crippen molar-refractivity contribution in [3.05, 3.63) is 48.5 Å². The molecule has 0 aliphatic carbocycles. The minimum atomic E-state index is -0.648. The van der Waals surface area contributed by atoms with Crippen LogP contribution in [-0.2, 0) is 14.3 Å². The second kappa shape index (κ2) is 10.7. The Bertz CT molecular complexity index is 744. The zero-order valence-corrected chi connectivity index (χ0v) is 15.4. The number of carbonyl (C=O) groups is 2. The number of rotatable bonds is 10. The van der Waals surface area contributed by atoms with Crippen LogP contribution in [0.3, 0.4) is 0 Å². The first-order chi connectivity index (χ1) is 13.1. The summed E-state index contributed by atoms with van der Waals surface area (Å²) >= 11 is 0. The highest BCUT2D eigenvalue weighted by Crippen LogP contribution is 2.26. The molecule has 0 aliphatic rings. The highest BCUT2D eigenvalue weighted by molar-refractivity contribution is 5.92. The summed E-state index contributed by atoms with van der Waals surface area (Å²) in [6.07, 6.45) is 0.861. The lowest BCUT2D eigenvalue weighted by molar-refractivity contribution is -0.149. The summed E-state index contributed by atoms with van der Waals surface area (Å²) in [4.78, 5) is 23.6. The van der Waals surface area contributed by atoms with Crippen molar-refractivity contribution in [2.45, 2.75) is 13.3 Å². The maximum absolute atomic E-state index is 11.8. The predicted octanol–water partition coefficient (Wildman–Crippen LogP) is 3.04. The number of benzene rings is 2. The van der Waals surface area contributed by atoms with E-state index >= 15 is 0 Å². The molecule has 0 fully saturated rings. The molecule has 2 aromatic carbocycles. The van der Waals surface area contributed by atoms with E-state index in [0.29, 0.717) is 29.5 Å². The van der Waals surface area contributed by atoms with Gasteiger partial charge in [0.2, 0.25) is 0 Å². The lowest BCUT2D eigenvalue weighted by atomic mass is 10.3. The maximum atomic E-state index is 11.8. The summed E-state index contributed by atoms with van der Waals surface area (Å²) in [5.41, 5.74) is 0.579. The maximum Gasteiger partial charge on any atom is 0.344 e. The number of para-hydroxylation sites is 2. The van der Waals surface area contributed by atoms with Crippen molar-refractivity contribution in [2.24, 2.45) is 0 Å². The van der Waals surface area contributed by atoms with E-state index in [1.807, 2.05) is 13.0 Å². The molecule has 0 atom stereocenters. The molecular formula is C20H23NO6. The summed E-state index contributed by atoms with van der Waals surface area (Å²) in [7, 11) is 1.56. The number of nitrogens with one attached hydrogen (secondary N) is 1. The first-order valence-corrected chi connectivity index (χ1v) is 8.56. The van der Waals surface area contributed by atoms with Gasteiger partial charge in [-0.15, -0.1) is 0 Å². The van der Waals surface area contributed by atoms with Crippen LogP contribution in [0.4, 0.5) is 5.69 Å². The Kier molecular flexibility index (Phi) is 7.96. The van der Waals surface area contributed by atoms with Crippen LogP contribution in [-0.4, -0.2) is 38.8 Å². The van der Waals surface area contributed by atoms with Gasteiger partial charge in [-0.3, -0.25) is 4.79 Å². The molecule has 0 bridgehead atoms. The SMILES string of the molecule is CCCOc1ccccc1OCC(=O)OCC(=O)Nc1ccc(OC)cc1. The van der Waals surface area contributed by atoms with Crippen LogP contribution in [0.2, 0.25) is 0 Å². The van der Waals surface area contributed by atoms with E-state index in [1.165, 1.54) is 0 Å². The van der Waals surface area contributed by atoms with Gasteiger partial charge >= 0.3 is 5.97 Å². The van der Waals surface area contributed by atoms with E-state index in [4.69, 9.17) is 18.9 Å². The van der Waals surface area contributed by atoms with Gasteiger partial charge < -0.3 is 24.3 Å². The van der Waals surface area contributed by atoms with Gasteiger partial charge in [-0.05, 0) is 42.8 Å². The molecule has 0 unspecified atom stereocenters. The Morgan fingerprint density at radius 1 is 0.926 bits per heavy atom. The highest BCUT2D eigenvalue weighted by Gasteiger charge is 2.11. The number of anilines is 1. The number of carbonyl (C=O) groups excluding carboxylic acids is 2. The first-order valence-electron chi connectivity index (χ1n) is 8.56. The van der Waals surface area contributed by atoms with Crippen molar-refractivity contribution in [2.75, 3.05) is 32.2 Å². The van der Waals surface area contributed by atoms with Gasteiger partial charge in [0, 0.05) is 5.69 Å². The van der Waals surface area contributed by atoms with Gasteiger partial charge in [-0.2, -0.15) is 0 Å². The first kappa shape index (κ1) is 20.1. The van der Waals surface area contributed by atoms with Gasteiger partial charge in [-0.25, -0.2) is 4.79 Å². The second-order valence-electron chi connectivity index (χ2n) is 5.52. The van der Waals surface area contributed by atoms with Crippen LogP contribution in [0.1, 0.15) is 13.3 Å². The van der Waals surface area contributed by atoms with Crippen molar-refractivity contribution < 1.29 is 28.5 Å². The zero-order chi connectivity index (χ0) is 19.5. The molecule has 0 spiro atoms. The molecule has 27 heavy (non-hydrogen) atoms. The summed E-state index contributed by atoms with van der Waals surface area (Å²) in [5, 5.41) is 2.62. The third-order valence-corrected chi connectivity index (χ3v) is 3.39. The minimum Gasteiger partial charge on any atom is -0.497 e. The van der Waals surface area contributed by atoms with E-state index in [2.05, 4.69) is 5.32 Å². The third kappa shape index (κ3) is 6.89. The Hall–Kier alpha value is -3.22. The molecule has 1 N–H and O–H groups in total. The largest absolute Gasteiger partial charge is 0.497 e. The van der Waals surface area contributed by atoms with Gasteiger partial charge in [0.05, 0.1) is 13.7 Å². The third-order valence-electron chi connectivity index (χ3n) is 3.39. The number of hydrogen-bond acceptors (Lipinski definition) is 6. The Morgan fingerprint density at radius 2 is 1.59 bits per heavy atom. The highest BCUT2D eigenvalue weighted by atomic mass is 16.6. The fourth-order valence-electron chi connectivity index (χ4n) is 2.10. The smallest absolute Gasteiger partial charge is 0.344 e. The minimum absolute atomic E-state index is 0.317. The van der Waals surface area contributed by atoms with Crippen molar-refractivity contribution in [1.29, 1.82) is 0 Å². The van der Waals surface area contributed by atoms with Gasteiger partial charge in [0.1, 0.15) is 5.75 Å². The van der Waals surface area contributed by atoms with E-state index in [9.17, 15) is 9.59 Å². The van der Waals surface area contributed by atoms with Crippen molar-refractivity contribution >= 4 is 17.6 Å². The summed E-state index contributed by atoms with van der Waals surface area (Å²) in [5.74, 6) is 0.597. The molecule has 144 valence electrons. The summed E-state index contributed by atoms with van der Waals surface area (Å²) in [6, 6.07) is 13.9. The number of amides is 1. The molecule has 7 heteroatoms. The molecule has 2 rings (SSSR count). The van der Waals surface area contributed by atoms with Crippen LogP contribution in [0.15, 0.2) is 48.5 Å². The number of ether oxygens (including phenoxy) is 4. The van der Waals surface area contributed by atoms with Crippen LogP contribution in [0.5, 0.6) is 17.2 Å². The van der Waals surface area contributed by atoms with Gasteiger partial charge in [0.25, 0.3) is 5.91 Å². The molecule has 0 aliphatic heterocycles. The molecule has 7 nitrogen and oxygen atoms in total. The number of esters is 1. The van der Waals surface area contributed by atoms with Gasteiger partial charge in [-0.1, -0.05) is 19.1 Å². The lowest BCUT2D eigenvalue weighted by Crippen LogP contribution is -2.23. The van der Waals surface area contributed by atoms with E-state index < -0.39 is 18.5 Å². The Balaban J connectivity index is 1.75. The van der Waals surface area contributed by atoms with E-state index in [1.54, 1.807) is 49.6 Å². The average Bonchev–Trinajstić information content (AvgIpc) is 2.70. The van der Waals surface area contributed by atoms with Crippen molar-refractivity contribution in [1.82, 2.24) is 0 Å². The normalized spacial score (nSPS) is 10.0. The van der Waals surface area contributed by atoms with Gasteiger partial charge in [0.15, 0.2) is 24.7 Å². The van der Waals surface area contributed by atoms with Crippen LogP contribution >= 0.6 is 0 Å². The number of hydrogen-bond donors (Lipinski definition) is 1. The van der Waals surface area contributed by atoms with Crippen LogP contribution in [0, 0.1) is 0 Å². The predicted molar refractivity (Wildman–Crippen MR) is 100 cm³/mol. The standard InChI is InChI=1S/C20H23NO6/c1-3-12-25-17-6-4-5-7-18(17)26-14-20(23)27-13-19(22)21-15-8-10-16(24-2)11-9-15/h4-11H,3,12-14H2,1-2H3,(H,21,22).